The second-order valence-corrected chi connectivity index (χ2v) is 10.9. The second kappa shape index (κ2) is 8.26. The number of esters is 1. The first-order chi connectivity index (χ1) is 14.6. The van der Waals surface area contributed by atoms with Crippen LogP contribution in [0.3, 0.4) is 0 Å². The third kappa shape index (κ3) is 3.58. The van der Waals surface area contributed by atoms with E-state index >= 15 is 0 Å². The standard InChI is InChI=1S/C26H35NO3.ClH/c1-2-7-30-25(28)19-5-6-22-21(12-19)23-20(4-3-8-29-23)24(27-22)26-13-16-9-17(14-26)11-18(10-16)15-26;/h5-6,12,16-18,20,23-24,27H,2-4,7-11,13-15H2,1H3;1H/t16?,17?,18?,20-,23+,24+,26?;/m1./s1. The molecular formula is C26H36ClNO3. The number of hydrogen-bond donors (Lipinski definition) is 1. The highest BCUT2D eigenvalue weighted by Gasteiger charge is 2.58. The van der Waals surface area contributed by atoms with Gasteiger partial charge in [0.15, 0.2) is 0 Å². The van der Waals surface area contributed by atoms with E-state index in [-0.39, 0.29) is 24.5 Å². The van der Waals surface area contributed by atoms with Gasteiger partial charge in [0, 0.05) is 29.8 Å². The van der Waals surface area contributed by atoms with Crippen LogP contribution in [0.4, 0.5) is 5.69 Å². The van der Waals surface area contributed by atoms with Gasteiger partial charge >= 0.3 is 5.97 Å². The maximum atomic E-state index is 12.5. The number of fused-ring (bicyclic) bond motifs is 3. The van der Waals surface area contributed by atoms with Crippen molar-refractivity contribution in [2.24, 2.45) is 29.1 Å². The second-order valence-electron chi connectivity index (χ2n) is 10.9. The Kier molecular flexibility index (Phi) is 5.75. The normalized spacial score (nSPS) is 39.6. The molecule has 170 valence electrons. The number of anilines is 1. The summed E-state index contributed by atoms with van der Waals surface area (Å²) in [6, 6.07) is 6.60. The maximum Gasteiger partial charge on any atom is 0.338 e. The van der Waals surface area contributed by atoms with Crippen LogP contribution in [0.1, 0.15) is 86.7 Å². The fourth-order valence-corrected chi connectivity index (χ4v) is 8.24. The average molecular weight is 446 g/mol. The fourth-order valence-electron chi connectivity index (χ4n) is 8.24. The van der Waals surface area contributed by atoms with Gasteiger partial charge in [0.1, 0.15) is 0 Å². The summed E-state index contributed by atoms with van der Waals surface area (Å²) >= 11 is 0. The molecule has 3 atom stereocenters. The van der Waals surface area contributed by atoms with Gasteiger partial charge in [-0.2, -0.15) is 0 Å². The Hall–Kier alpha value is -1.26. The minimum Gasteiger partial charge on any atom is -0.462 e. The Bertz CT molecular complexity index is 805. The number of benzene rings is 1. The number of carbonyl (C=O) groups is 1. The predicted octanol–water partition coefficient (Wildman–Crippen LogP) is 6.15. The molecule has 1 aromatic rings. The van der Waals surface area contributed by atoms with Crippen LogP contribution in [0, 0.1) is 29.1 Å². The van der Waals surface area contributed by atoms with Crippen LogP contribution in [-0.4, -0.2) is 25.2 Å². The van der Waals surface area contributed by atoms with E-state index in [9.17, 15) is 4.79 Å². The first-order valence-corrected chi connectivity index (χ1v) is 12.3. The largest absolute Gasteiger partial charge is 0.462 e. The molecule has 1 aromatic carbocycles. The first kappa shape index (κ1) is 21.6. The van der Waals surface area contributed by atoms with E-state index in [1.54, 1.807) is 0 Å². The smallest absolute Gasteiger partial charge is 0.338 e. The topological polar surface area (TPSA) is 47.6 Å². The SMILES string of the molecule is CCCOC(=O)c1ccc2c(c1)[C@H]1OCCC[C@H]1[C@@H](C13CC4CC(CC(C4)C1)C3)N2.Cl. The van der Waals surface area contributed by atoms with Gasteiger partial charge in [-0.05, 0) is 99.2 Å². The summed E-state index contributed by atoms with van der Waals surface area (Å²) in [6.07, 6.45) is 12.0. The summed E-state index contributed by atoms with van der Waals surface area (Å²) in [4.78, 5) is 12.5. The Labute approximate surface area is 192 Å². The lowest BCUT2D eigenvalue weighted by molar-refractivity contribution is -0.108. The molecule has 0 radical (unpaired) electrons. The third-order valence-electron chi connectivity index (χ3n) is 8.88. The quantitative estimate of drug-likeness (QED) is 0.564. The molecule has 0 aromatic heterocycles. The van der Waals surface area contributed by atoms with E-state index in [4.69, 9.17) is 9.47 Å². The molecule has 0 amide bonds. The highest BCUT2D eigenvalue weighted by Crippen LogP contribution is 2.64. The summed E-state index contributed by atoms with van der Waals surface area (Å²) in [6.45, 7) is 3.33. The Morgan fingerprint density at radius 2 is 1.87 bits per heavy atom. The van der Waals surface area contributed by atoms with Crippen LogP contribution < -0.4 is 5.32 Å². The number of rotatable bonds is 4. The van der Waals surface area contributed by atoms with Crippen molar-refractivity contribution < 1.29 is 14.3 Å². The molecule has 0 unspecified atom stereocenters. The molecule has 1 N–H and O–H groups in total. The molecule has 7 rings (SSSR count). The van der Waals surface area contributed by atoms with Gasteiger partial charge in [-0.1, -0.05) is 6.92 Å². The van der Waals surface area contributed by atoms with Gasteiger partial charge in [0.05, 0.1) is 18.3 Å². The average Bonchev–Trinajstić information content (AvgIpc) is 2.75. The van der Waals surface area contributed by atoms with E-state index < -0.39 is 0 Å². The van der Waals surface area contributed by atoms with E-state index in [2.05, 4.69) is 11.4 Å². The van der Waals surface area contributed by atoms with Crippen LogP contribution in [-0.2, 0) is 9.47 Å². The van der Waals surface area contributed by atoms with Crippen molar-refractivity contribution in [3.63, 3.8) is 0 Å². The zero-order chi connectivity index (χ0) is 20.3. The lowest BCUT2D eigenvalue weighted by Crippen LogP contribution is -2.58. The maximum absolute atomic E-state index is 12.5. The van der Waals surface area contributed by atoms with E-state index in [0.717, 1.165) is 37.2 Å². The number of halogens is 1. The molecule has 4 nitrogen and oxygen atoms in total. The third-order valence-corrected chi connectivity index (χ3v) is 8.88. The minimum absolute atomic E-state index is 0. The molecule has 1 saturated heterocycles. The van der Waals surface area contributed by atoms with Crippen molar-refractivity contribution in [3.8, 4) is 0 Å². The minimum atomic E-state index is -0.213. The van der Waals surface area contributed by atoms with Crippen LogP contribution in [0.15, 0.2) is 18.2 Å². The summed E-state index contributed by atoms with van der Waals surface area (Å²) < 4.78 is 11.8. The predicted molar refractivity (Wildman–Crippen MR) is 124 cm³/mol. The summed E-state index contributed by atoms with van der Waals surface area (Å²) in [5.74, 6) is 3.17. The molecule has 2 heterocycles. The van der Waals surface area contributed by atoms with Gasteiger partial charge < -0.3 is 14.8 Å². The van der Waals surface area contributed by atoms with E-state index in [1.807, 2.05) is 19.1 Å². The Balaban J connectivity index is 0.00000204. The number of carbonyl (C=O) groups excluding carboxylic acids is 1. The fraction of sp³-hybridized carbons (Fsp3) is 0.731. The van der Waals surface area contributed by atoms with Crippen molar-refractivity contribution in [3.05, 3.63) is 29.3 Å². The molecule has 31 heavy (non-hydrogen) atoms. The highest BCUT2D eigenvalue weighted by atomic mass is 35.5. The van der Waals surface area contributed by atoms with E-state index in [0.29, 0.717) is 29.5 Å². The lowest BCUT2D eigenvalue weighted by atomic mass is 9.46. The molecular weight excluding hydrogens is 410 g/mol. The van der Waals surface area contributed by atoms with Crippen molar-refractivity contribution in [2.45, 2.75) is 76.9 Å². The zero-order valence-corrected chi connectivity index (χ0v) is 19.4. The van der Waals surface area contributed by atoms with Gasteiger partial charge in [-0.3, -0.25) is 0 Å². The number of ether oxygens (including phenoxy) is 2. The molecule has 4 bridgehead atoms. The highest BCUT2D eigenvalue weighted by molar-refractivity contribution is 5.90. The van der Waals surface area contributed by atoms with Gasteiger partial charge in [0.2, 0.25) is 0 Å². The monoisotopic (exact) mass is 445 g/mol. The van der Waals surface area contributed by atoms with E-state index in [1.165, 1.54) is 56.2 Å². The molecule has 4 saturated carbocycles. The summed E-state index contributed by atoms with van der Waals surface area (Å²) in [5, 5.41) is 4.03. The van der Waals surface area contributed by atoms with Crippen LogP contribution >= 0.6 is 12.4 Å². The first-order valence-electron chi connectivity index (χ1n) is 12.3. The molecule has 4 aliphatic carbocycles. The number of hydrogen-bond acceptors (Lipinski definition) is 4. The van der Waals surface area contributed by atoms with Gasteiger partial charge in [0.25, 0.3) is 0 Å². The van der Waals surface area contributed by atoms with Gasteiger partial charge in [-0.25, -0.2) is 4.79 Å². The van der Waals surface area contributed by atoms with Crippen LogP contribution in [0.5, 0.6) is 0 Å². The van der Waals surface area contributed by atoms with Crippen molar-refractivity contribution >= 4 is 24.1 Å². The van der Waals surface area contributed by atoms with Crippen molar-refractivity contribution in [1.29, 1.82) is 0 Å². The molecule has 5 heteroatoms. The molecule has 0 spiro atoms. The Morgan fingerprint density at radius 3 is 2.55 bits per heavy atom. The van der Waals surface area contributed by atoms with Crippen LogP contribution in [0.25, 0.3) is 0 Å². The van der Waals surface area contributed by atoms with Crippen molar-refractivity contribution in [1.82, 2.24) is 0 Å². The molecule has 6 aliphatic rings. The van der Waals surface area contributed by atoms with Crippen molar-refractivity contribution in [2.75, 3.05) is 18.5 Å². The number of nitrogens with one attached hydrogen (secondary N) is 1. The zero-order valence-electron chi connectivity index (χ0n) is 18.6. The van der Waals surface area contributed by atoms with Gasteiger partial charge in [-0.15, -0.1) is 12.4 Å². The Morgan fingerprint density at radius 1 is 1.16 bits per heavy atom. The molecule has 2 aliphatic heterocycles. The van der Waals surface area contributed by atoms with Crippen LogP contribution in [0.2, 0.25) is 0 Å². The summed E-state index contributed by atoms with van der Waals surface area (Å²) in [7, 11) is 0. The lowest BCUT2D eigenvalue weighted by Gasteiger charge is -2.62. The molecule has 5 fully saturated rings. The summed E-state index contributed by atoms with van der Waals surface area (Å²) in [5.41, 5.74) is 3.47.